The zero-order valence-electron chi connectivity index (χ0n) is 12.4. The van der Waals surface area contributed by atoms with Gasteiger partial charge in [-0.15, -0.1) is 0 Å². The van der Waals surface area contributed by atoms with Gasteiger partial charge in [-0.25, -0.2) is 4.98 Å². The molecule has 3 rings (SSSR count). The van der Waals surface area contributed by atoms with Gasteiger partial charge in [0.15, 0.2) is 0 Å². The molecule has 0 radical (unpaired) electrons. The predicted octanol–water partition coefficient (Wildman–Crippen LogP) is 1.69. The first-order chi connectivity index (χ1) is 10.1. The molecule has 114 valence electrons. The molecule has 1 aliphatic heterocycles. The standard InChI is InChI=1S/C14H20ClN5O/c1-11-7-12(17-21-11)9-19-3-5-20(6-4-19)10-14-16-8-13(15)18(14)2/h7-8H,3-6,9-10H2,1-2H3. The van der Waals surface area contributed by atoms with Crippen molar-refractivity contribution < 1.29 is 4.52 Å². The van der Waals surface area contributed by atoms with Crippen LogP contribution in [0.15, 0.2) is 16.8 Å². The van der Waals surface area contributed by atoms with Crippen molar-refractivity contribution in [1.29, 1.82) is 0 Å². The van der Waals surface area contributed by atoms with Gasteiger partial charge in [0.2, 0.25) is 0 Å². The Kier molecular flexibility index (Phi) is 4.28. The van der Waals surface area contributed by atoms with E-state index in [2.05, 4.69) is 19.9 Å². The van der Waals surface area contributed by atoms with E-state index in [1.54, 1.807) is 6.20 Å². The number of nitrogens with zero attached hydrogens (tertiary/aromatic N) is 5. The molecule has 0 amide bonds. The fourth-order valence-corrected chi connectivity index (χ4v) is 2.74. The first-order valence-corrected chi connectivity index (χ1v) is 7.52. The van der Waals surface area contributed by atoms with E-state index in [1.165, 1.54) is 0 Å². The monoisotopic (exact) mass is 309 g/mol. The van der Waals surface area contributed by atoms with Crippen molar-refractivity contribution in [3.8, 4) is 0 Å². The Morgan fingerprint density at radius 1 is 1.19 bits per heavy atom. The Labute approximate surface area is 129 Å². The highest BCUT2D eigenvalue weighted by molar-refractivity contribution is 6.29. The minimum atomic E-state index is 0.685. The van der Waals surface area contributed by atoms with Crippen LogP contribution in [0.5, 0.6) is 0 Å². The van der Waals surface area contributed by atoms with Gasteiger partial charge in [0.1, 0.15) is 16.7 Å². The third-order valence-corrected chi connectivity index (χ3v) is 4.27. The second-order valence-electron chi connectivity index (χ2n) is 5.54. The van der Waals surface area contributed by atoms with Crippen LogP contribution < -0.4 is 0 Å². The van der Waals surface area contributed by atoms with Gasteiger partial charge in [-0.1, -0.05) is 16.8 Å². The van der Waals surface area contributed by atoms with E-state index in [0.717, 1.165) is 56.5 Å². The minimum absolute atomic E-state index is 0.685. The summed E-state index contributed by atoms with van der Waals surface area (Å²) in [6.07, 6.45) is 1.71. The van der Waals surface area contributed by atoms with Crippen molar-refractivity contribution in [3.63, 3.8) is 0 Å². The van der Waals surface area contributed by atoms with E-state index < -0.39 is 0 Å². The number of aromatic nitrogens is 3. The molecule has 0 aliphatic carbocycles. The lowest BCUT2D eigenvalue weighted by atomic mass is 10.2. The van der Waals surface area contributed by atoms with Gasteiger partial charge < -0.3 is 9.09 Å². The molecule has 1 saturated heterocycles. The van der Waals surface area contributed by atoms with Gasteiger partial charge >= 0.3 is 0 Å². The fourth-order valence-electron chi connectivity index (χ4n) is 2.60. The molecular formula is C14H20ClN5O. The van der Waals surface area contributed by atoms with Crippen LogP contribution >= 0.6 is 11.6 Å². The topological polar surface area (TPSA) is 50.3 Å². The molecule has 1 fully saturated rings. The number of aryl methyl sites for hydroxylation is 1. The molecule has 0 saturated carbocycles. The Morgan fingerprint density at radius 2 is 1.86 bits per heavy atom. The number of halogens is 1. The Balaban J connectivity index is 1.50. The maximum Gasteiger partial charge on any atom is 0.133 e. The zero-order valence-corrected chi connectivity index (χ0v) is 13.2. The average molecular weight is 310 g/mol. The lowest BCUT2D eigenvalue weighted by molar-refractivity contribution is 0.117. The molecule has 21 heavy (non-hydrogen) atoms. The van der Waals surface area contributed by atoms with Crippen LogP contribution in [-0.2, 0) is 20.1 Å². The molecule has 0 aromatic carbocycles. The third kappa shape index (κ3) is 3.45. The Hall–Kier alpha value is -1.37. The van der Waals surface area contributed by atoms with Gasteiger partial charge in [0.25, 0.3) is 0 Å². The van der Waals surface area contributed by atoms with Gasteiger partial charge in [-0.2, -0.15) is 0 Å². The van der Waals surface area contributed by atoms with Crippen LogP contribution in [0.3, 0.4) is 0 Å². The molecule has 1 aliphatic rings. The highest BCUT2D eigenvalue weighted by atomic mass is 35.5. The van der Waals surface area contributed by atoms with Crippen molar-refractivity contribution in [3.05, 3.63) is 34.7 Å². The van der Waals surface area contributed by atoms with E-state index in [-0.39, 0.29) is 0 Å². The first-order valence-electron chi connectivity index (χ1n) is 7.15. The van der Waals surface area contributed by atoms with Gasteiger partial charge in [-0.05, 0) is 6.92 Å². The van der Waals surface area contributed by atoms with Crippen molar-refractivity contribution in [2.45, 2.75) is 20.0 Å². The number of hydrogen-bond donors (Lipinski definition) is 0. The molecule has 2 aromatic rings. The molecular weight excluding hydrogens is 290 g/mol. The molecule has 3 heterocycles. The molecule has 0 N–H and O–H groups in total. The minimum Gasteiger partial charge on any atom is -0.361 e. The summed E-state index contributed by atoms with van der Waals surface area (Å²) in [5.74, 6) is 1.89. The van der Waals surface area contributed by atoms with E-state index in [4.69, 9.17) is 16.1 Å². The van der Waals surface area contributed by atoms with E-state index >= 15 is 0 Å². The zero-order chi connectivity index (χ0) is 14.8. The number of hydrogen-bond acceptors (Lipinski definition) is 5. The molecule has 2 aromatic heterocycles. The smallest absolute Gasteiger partial charge is 0.133 e. The molecule has 0 unspecified atom stereocenters. The van der Waals surface area contributed by atoms with Crippen LogP contribution in [0.25, 0.3) is 0 Å². The van der Waals surface area contributed by atoms with Crippen molar-refractivity contribution >= 4 is 11.6 Å². The molecule has 7 heteroatoms. The van der Waals surface area contributed by atoms with Crippen LogP contribution in [0.2, 0.25) is 5.15 Å². The van der Waals surface area contributed by atoms with Gasteiger partial charge in [-0.3, -0.25) is 9.80 Å². The van der Waals surface area contributed by atoms with Crippen LogP contribution in [0.4, 0.5) is 0 Å². The summed E-state index contributed by atoms with van der Waals surface area (Å²) in [7, 11) is 1.95. The summed E-state index contributed by atoms with van der Waals surface area (Å²) in [5, 5.41) is 4.74. The fraction of sp³-hybridized carbons (Fsp3) is 0.571. The lowest BCUT2D eigenvalue weighted by Crippen LogP contribution is -2.45. The van der Waals surface area contributed by atoms with Crippen molar-refractivity contribution in [1.82, 2.24) is 24.5 Å². The Morgan fingerprint density at radius 3 is 2.38 bits per heavy atom. The largest absolute Gasteiger partial charge is 0.361 e. The highest BCUT2D eigenvalue weighted by Crippen LogP contribution is 2.13. The van der Waals surface area contributed by atoms with Crippen LogP contribution in [-0.4, -0.2) is 50.7 Å². The maximum atomic E-state index is 6.02. The maximum absolute atomic E-state index is 6.02. The Bertz CT molecular complexity index is 600. The number of rotatable bonds is 4. The number of imidazole rings is 1. The normalized spacial score (nSPS) is 17.5. The van der Waals surface area contributed by atoms with E-state index in [0.29, 0.717) is 5.15 Å². The summed E-state index contributed by atoms with van der Waals surface area (Å²) in [4.78, 5) is 9.16. The molecule has 0 spiro atoms. The first kappa shape index (κ1) is 14.6. The summed E-state index contributed by atoms with van der Waals surface area (Å²) < 4.78 is 7.05. The average Bonchev–Trinajstić information content (AvgIpc) is 3.01. The highest BCUT2D eigenvalue weighted by Gasteiger charge is 2.19. The molecule has 0 atom stereocenters. The van der Waals surface area contributed by atoms with E-state index in [1.807, 2.05) is 24.6 Å². The summed E-state index contributed by atoms with van der Waals surface area (Å²) >= 11 is 6.02. The summed E-state index contributed by atoms with van der Waals surface area (Å²) in [5.41, 5.74) is 1.01. The third-order valence-electron chi connectivity index (χ3n) is 3.92. The van der Waals surface area contributed by atoms with Gasteiger partial charge in [0.05, 0.1) is 18.4 Å². The van der Waals surface area contributed by atoms with Crippen LogP contribution in [0.1, 0.15) is 17.3 Å². The second kappa shape index (κ2) is 6.17. The summed E-state index contributed by atoms with van der Waals surface area (Å²) in [6.45, 7) is 7.75. The molecule has 6 nitrogen and oxygen atoms in total. The van der Waals surface area contributed by atoms with Crippen LogP contribution in [0, 0.1) is 6.92 Å². The lowest BCUT2D eigenvalue weighted by Gasteiger charge is -2.33. The number of piperazine rings is 1. The second-order valence-corrected chi connectivity index (χ2v) is 5.92. The van der Waals surface area contributed by atoms with Crippen molar-refractivity contribution in [2.75, 3.05) is 26.2 Å². The van der Waals surface area contributed by atoms with Crippen molar-refractivity contribution in [2.24, 2.45) is 7.05 Å². The summed E-state index contributed by atoms with van der Waals surface area (Å²) in [6, 6.07) is 2.00. The predicted molar refractivity (Wildman–Crippen MR) is 80.0 cm³/mol. The SMILES string of the molecule is Cc1cc(CN2CCN(Cc3ncc(Cl)n3C)CC2)no1. The van der Waals surface area contributed by atoms with Gasteiger partial charge in [0, 0.05) is 45.8 Å². The molecule has 0 bridgehead atoms. The van der Waals surface area contributed by atoms with E-state index in [9.17, 15) is 0 Å². The quantitative estimate of drug-likeness (QED) is 0.860.